The molecule has 2 aromatic heterocycles. The topological polar surface area (TPSA) is 166 Å². The molecule has 13 nitrogen and oxygen atoms in total. The Balaban J connectivity index is 1.18. The maximum Gasteiger partial charge on any atom is 0.408 e. The zero-order valence-corrected chi connectivity index (χ0v) is 31.2. The number of urea groups is 1. The van der Waals surface area contributed by atoms with Crippen molar-refractivity contribution in [2.75, 3.05) is 23.3 Å². The number of carbonyl (C=O) groups excluding carboxylic acids is 4. The normalized spacial score (nSPS) is 16.1. The number of nitrogens with one attached hydrogen (secondary N) is 3. The molecule has 0 aliphatic carbocycles. The van der Waals surface area contributed by atoms with Crippen LogP contribution in [-0.2, 0) is 9.53 Å². The molecule has 14 heteroatoms. The van der Waals surface area contributed by atoms with Crippen molar-refractivity contribution in [2.24, 2.45) is 0 Å². The lowest BCUT2D eigenvalue weighted by molar-refractivity contribution is -0.128. The van der Waals surface area contributed by atoms with Gasteiger partial charge in [0, 0.05) is 25.3 Å². The number of aromatic nitrogens is 1. The Kier molecular flexibility index (Phi) is 10.1. The smallest absolute Gasteiger partial charge is 0.408 e. The number of anilines is 3. The molecule has 2 aromatic carbocycles. The number of pyridine rings is 1. The highest BCUT2D eigenvalue weighted by molar-refractivity contribution is 7.21. The van der Waals surface area contributed by atoms with E-state index in [1.54, 1.807) is 57.8 Å². The van der Waals surface area contributed by atoms with Crippen molar-refractivity contribution in [3.63, 3.8) is 0 Å². The zero-order valence-electron chi connectivity index (χ0n) is 30.4. The molecule has 0 unspecified atom stereocenters. The van der Waals surface area contributed by atoms with Crippen LogP contribution in [0.2, 0.25) is 0 Å². The highest BCUT2D eigenvalue weighted by atomic mass is 32.1. The highest BCUT2D eigenvalue weighted by Crippen LogP contribution is 2.46. The summed E-state index contributed by atoms with van der Waals surface area (Å²) in [6.07, 6.45) is 3.56. The molecular formula is C39H41N7O6S. The number of hydrogen-bond acceptors (Lipinski definition) is 9. The number of benzene rings is 2. The summed E-state index contributed by atoms with van der Waals surface area (Å²) in [5, 5.41) is 19.2. The predicted molar refractivity (Wildman–Crippen MR) is 203 cm³/mol. The summed E-state index contributed by atoms with van der Waals surface area (Å²) in [6.45, 7) is 11.0. The van der Waals surface area contributed by atoms with Crippen LogP contribution in [0.25, 0.3) is 10.2 Å². The third-order valence-corrected chi connectivity index (χ3v) is 9.66. The summed E-state index contributed by atoms with van der Waals surface area (Å²) < 4.78 is 11.3. The van der Waals surface area contributed by atoms with Gasteiger partial charge in [-0.25, -0.2) is 14.6 Å². The molecule has 0 saturated carbocycles. The molecule has 1 saturated heterocycles. The van der Waals surface area contributed by atoms with Gasteiger partial charge in [0.2, 0.25) is 0 Å². The summed E-state index contributed by atoms with van der Waals surface area (Å²) in [7, 11) is 0. The van der Waals surface area contributed by atoms with Crippen molar-refractivity contribution < 1.29 is 28.7 Å². The van der Waals surface area contributed by atoms with Crippen LogP contribution < -0.4 is 25.6 Å². The fourth-order valence-corrected chi connectivity index (χ4v) is 7.38. The van der Waals surface area contributed by atoms with Gasteiger partial charge in [0.25, 0.3) is 11.8 Å². The average Bonchev–Trinajstić information content (AvgIpc) is 3.46. The highest BCUT2D eigenvalue weighted by Gasteiger charge is 2.35. The number of aryl methyl sites for hydroxylation is 1. The minimum atomic E-state index is -1.05. The minimum Gasteiger partial charge on any atom is -0.457 e. The lowest BCUT2D eigenvalue weighted by Gasteiger charge is -2.33. The van der Waals surface area contributed by atoms with E-state index in [2.05, 4.69) is 20.9 Å². The number of alkyl carbamates (subject to hydrolysis) is 1. The molecule has 2 aliphatic heterocycles. The predicted octanol–water partition coefficient (Wildman–Crippen LogP) is 7.55. The van der Waals surface area contributed by atoms with E-state index in [0.29, 0.717) is 63.0 Å². The maximum absolute atomic E-state index is 13.8. The van der Waals surface area contributed by atoms with Crippen LogP contribution in [-0.4, -0.2) is 64.1 Å². The Morgan fingerprint density at radius 2 is 1.81 bits per heavy atom. The molecule has 274 valence electrons. The van der Waals surface area contributed by atoms with Crippen LogP contribution in [0.3, 0.4) is 0 Å². The number of para-hydroxylation sites is 1. The molecule has 1 atom stereocenters. The minimum absolute atomic E-state index is 0.133. The van der Waals surface area contributed by atoms with Crippen LogP contribution in [0.4, 0.5) is 26.7 Å². The third-order valence-electron chi connectivity index (χ3n) is 8.56. The van der Waals surface area contributed by atoms with Gasteiger partial charge in [-0.15, -0.1) is 11.3 Å². The number of amides is 5. The number of nitrogens with zero attached hydrogens (tertiary/aromatic N) is 4. The Morgan fingerprint density at radius 1 is 1.06 bits per heavy atom. The Hall–Kier alpha value is -5.94. The van der Waals surface area contributed by atoms with Gasteiger partial charge < -0.3 is 30.3 Å². The first-order valence-electron chi connectivity index (χ1n) is 17.2. The molecule has 4 heterocycles. The number of thiophene rings is 1. The van der Waals surface area contributed by atoms with Crippen LogP contribution >= 0.6 is 11.3 Å². The van der Waals surface area contributed by atoms with E-state index in [9.17, 15) is 24.4 Å². The summed E-state index contributed by atoms with van der Waals surface area (Å²) in [6, 6.07) is 17.8. The van der Waals surface area contributed by atoms with Crippen molar-refractivity contribution >= 4 is 62.6 Å². The second-order valence-electron chi connectivity index (χ2n) is 14.5. The number of piperidine rings is 1. The van der Waals surface area contributed by atoms with Crippen molar-refractivity contribution in [2.45, 2.75) is 71.6 Å². The molecule has 0 spiro atoms. The fraction of sp³-hybridized carbons (Fsp3) is 0.333. The molecule has 1 fully saturated rings. The molecule has 0 radical (unpaired) electrons. The van der Waals surface area contributed by atoms with Gasteiger partial charge in [-0.1, -0.05) is 18.2 Å². The first kappa shape index (κ1) is 36.8. The van der Waals surface area contributed by atoms with Crippen LogP contribution in [0, 0.1) is 18.3 Å². The molecule has 3 N–H and O–H groups in total. The number of ether oxygens (including phenoxy) is 2. The van der Waals surface area contributed by atoms with Gasteiger partial charge in [0.05, 0.1) is 28.0 Å². The van der Waals surface area contributed by atoms with E-state index in [0.717, 1.165) is 5.56 Å². The lowest BCUT2D eigenvalue weighted by Crippen LogP contribution is -2.50. The van der Waals surface area contributed by atoms with Crippen molar-refractivity contribution in [3.05, 3.63) is 82.9 Å². The van der Waals surface area contributed by atoms with Crippen molar-refractivity contribution in [3.8, 4) is 17.6 Å². The Labute approximate surface area is 311 Å². The summed E-state index contributed by atoms with van der Waals surface area (Å²) in [5.41, 5.74) is 0.537. The van der Waals surface area contributed by atoms with Gasteiger partial charge in [-0.3, -0.25) is 14.5 Å². The molecule has 4 aromatic rings. The second kappa shape index (κ2) is 14.6. The fourth-order valence-electron chi connectivity index (χ4n) is 6.36. The van der Waals surface area contributed by atoms with E-state index < -0.39 is 41.1 Å². The molecule has 53 heavy (non-hydrogen) atoms. The molecule has 2 aliphatic rings. The zero-order chi connectivity index (χ0) is 38.1. The largest absolute Gasteiger partial charge is 0.457 e. The summed E-state index contributed by atoms with van der Waals surface area (Å²) in [4.78, 5) is 61.9. The van der Waals surface area contributed by atoms with E-state index in [4.69, 9.17) is 9.47 Å². The first-order chi connectivity index (χ1) is 25.1. The molecule has 0 bridgehead atoms. The second-order valence-corrected chi connectivity index (χ2v) is 15.5. The van der Waals surface area contributed by atoms with Gasteiger partial charge in [0.1, 0.15) is 38.4 Å². The monoisotopic (exact) mass is 735 g/mol. The summed E-state index contributed by atoms with van der Waals surface area (Å²) >= 11 is 1.17. The SMILES string of the molecule is Cc1cc(Oc2ccccc2)ccc1N1C(=O)Nc2c(C(=O)N[C@@H]3CCCN(C(=O)/C(C#N)=C\C(C)(C)NC(=O)OC(C)(C)C)C3)sc3nccc1c23. The van der Waals surface area contributed by atoms with Gasteiger partial charge in [-0.05, 0) is 102 Å². The Morgan fingerprint density at radius 3 is 2.51 bits per heavy atom. The lowest BCUT2D eigenvalue weighted by atomic mass is 9.99. The number of nitriles is 1. The number of carbonyl (C=O) groups is 4. The molecule has 5 amide bonds. The van der Waals surface area contributed by atoms with Crippen molar-refractivity contribution in [1.29, 1.82) is 5.26 Å². The maximum atomic E-state index is 13.8. The van der Waals surface area contributed by atoms with Gasteiger partial charge >= 0.3 is 12.1 Å². The standard InChI is InChI=1S/C39H41N7O6S/c1-23-19-27(51-26-12-8-7-9-13-26)14-15-28(23)46-29-16-17-41-34-30(29)31(43-36(46)49)32(53-34)33(47)42-25-11-10-18-45(22-25)35(48)24(21-40)20-39(5,6)44-37(50)52-38(2,3)4/h7-9,12-17,19-20,25H,10-11,18,22H2,1-6H3,(H,42,47)(H,43,49)(H,44,50)/b24-20-/t25-/m1/s1. The van der Waals surface area contributed by atoms with Crippen LogP contribution in [0.5, 0.6) is 11.5 Å². The first-order valence-corrected chi connectivity index (χ1v) is 18.0. The Bertz CT molecular complexity index is 2170. The van der Waals surface area contributed by atoms with E-state index in [1.165, 1.54) is 22.3 Å². The number of likely N-dealkylation sites (tertiary alicyclic amines) is 1. The third kappa shape index (κ3) is 8.26. The van der Waals surface area contributed by atoms with Gasteiger partial charge in [0.15, 0.2) is 0 Å². The number of rotatable bonds is 8. The van der Waals surface area contributed by atoms with Crippen molar-refractivity contribution in [1.82, 2.24) is 20.5 Å². The van der Waals surface area contributed by atoms with E-state index in [1.807, 2.05) is 55.5 Å². The van der Waals surface area contributed by atoms with Crippen LogP contribution in [0.1, 0.15) is 62.7 Å². The summed E-state index contributed by atoms with van der Waals surface area (Å²) in [5.74, 6) is 0.426. The number of hydrogen-bond donors (Lipinski definition) is 3. The van der Waals surface area contributed by atoms with E-state index >= 15 is 0 Å². The van der Waals surface area contributed by atoms with E-state index in [-0.39, 0.29) is 12.1 Å². The van der Waals surface area contributed by atoms with Gasteiger partial charge in [-0.2, -0.15) is 5.26 Å². The molecular weight excluding hydrogens is 695 g/mol. The average molecular weight is 736 g/mol. The quantitative estimate of drug-likeness (QED) is 0.123. The molecule has 6 rings (SSSR count). The van der Waals surface area contributed by atoms with Crippen LogP contribution in [0.15, 0.2) is 72.4 Å².